The molecule has 0 amide bonds. The van der Waals surface area contributed by atoms with E-state index in [1.807, 2.05) is 0 Å². The van der Waals surface area contributed by atoms with Crippen LogP contribution in [0.25, 0.3) is 0 Å². The number of fused-ring (bicyclic) bond motifs is 3. The van der Waals surface area contributed by atoms with Crippen molar-refractivity contribution in [3.8, 4) is 11.5 Å². The second kappa shape index (κ2) is 10.0. The Bertz CT molecular complexity index is 1030. The topological polar surface area (TPSA) is 186 Å². The van der Waals surface area contributed by atoms with E-state index in [1.165, 1.54) is 32.6 Å². The molecule has 13 heteroatoms. The average Bonchev–Trinajstić information content (AvgIpc) is 3.60. The number of epoxide rings is 1. The number of benzene rings is 1. The summed E-state index contributed by atoms with van der Waals surface area (Å²) in [6, 6.07) is 4.61. The lowest BCUT2D eigenvalue weighted by Gasteiger charge is -2.43. The van der Waals surface area contributed by atoms with Crippen LogP contribution in [0, 0.1) is 11.8 Å². The molecule has 4 aliphatic rings. The van der Waals surface area contributed by atoms with Crippen molar-refractivity contribution in [3.63, 3.8) is 0 Å². The van der Waals surface area contributed by atoms with E-state index < -0.39 is 85.8 Å². The lowest BCUT2D eigenvalue weighted by atomic mass is 9.85. The van der Waals surface area contributed by atoms with Crippen molar-refractivity contribution in [2.75, 3.05) is 27.4 Å². The fourth-order valence-electron chi connectivity index (χ4n) is 5.44. The van der Waals surface area contributed by atoms with Crippen LogP contribution in [0.2, 0.25) is 0 Å². The van der Waals surface area contributed by atoms with E-state index >= 15 is 0 Å². The molecule has 0 aromatic heterocycles. The minimum atomic E-state index is -1.65. The van der Waals surface area contributed by atoms with Gasteiger partial charge < -0.3 is 58.7 Å². The highest BCUT2D eigenvalue weighted by atomic mass is 16.8. The van der Waals surface area contributed by atoms with Gasteiger partial charge in [0.1, 0.15) is 42.2 Å². The number of hydrogen-bond donors (Lipinski definition) is 5. The molecule has 2 saturated heterocycles. The molecule has 1 saturated carbocycles. The quantitative estimate of drug-likeness (QED) is 0.191. The smallest absolute Gasteiger partial charge is 0.338 e. The molecule has 11 atom stereocenters. The summed E-state index contributed by atoms with van der Waals surface area (Å²) in [6.07, 6.45) is -7.02. The first-order chi connectivity index (χ1) is 17.8. The summed E-state index contributed by atoms with van der Waals surface area (Å²) in [6.45, 7) is -1.04. The zero-order valence-electron chi connectivity index (χ0n) is 20.1. The Morgan fingerprint density at radius 1 is 1.03 bits per heavy atom. The molecule has 3 heterocycles. The van der Waals surface area contributed by atoms with Gasteiger partial charge in [-0.25, -0.2) is 4.79 Å². The Labute approximate surface area is 211 Å². The molecule has 13 nitrogen and oxygen atoms in total. The Balaban J connectivity index is 1.34. The van der Waals surface area contributed by atoms with Gasteiger partial charge in [0.2, 0.25) is 6.29 Å². The summed E-state index contributed by atoms with van der Waals surface area (Å²) in [5.41, 5.74) is -0.918. The Kier molecular flexibility index (Phi) is 7.06. The Morgan fingerprint density at radius 3 is 2.46 bits per heavy atom. The first-order valence-electron chi connectivity index (χ1n) is 11.8. The molecule has 3 aliphatic heterocycles. The van der Waals surface area contributed by atoms with Gasteiger partial charge in [-0.1, -0.05) is 0 Å². The van der Waals surface area contributed by atoms with Crippen LogP contribution in [-0.2, 0) is 23.7 Å². The summed E-state index contributed by atoms with van der Waals surface area (Å²) >= 11 is 0. The molecule has 5 N–H and O–H groups in total. The number of esters is 1. The summed E-state index contributed by atoms with van der Waals surface area (Å²) in [4.78, 5) is 13.0. The van der Waals surface area contributed by atoms with Crippen LogP contribution in [0.4, 0.5) is 0 Å². The van der Waals surface area contributed by atoms with E-state index in [0.29, 0.717) is 11.5 Å². The molecule has 37 heavy (non-hydrogen) atoms. The first-order valence-corrected chi connectivity index (χ1v) is 11.8. The number of carbonyl (C=O) groups is 1. The third kappa shape index (κ3) is 4.25. The number of methoxy groups -OCH3 is 2. The van der Waals surface area contributed by atoms with Crippen LogP contribution < -0.4 is 9.47 Å². The molecule has 3 fully saturated rings. The number of aliphatic hydroxyl groups is 5. The van der Waals surface area contributed by atoms with Gasteiger partial charge in [-0.3, -0.25) is 0 Å². The molecule has 0 unspecified atom stereocenters. The zero-order chi connectivity index (χ0) is 26.5. The molecular formula is C24H30O13. The highest BCUT2D eigenvalue weighted by Crippen LogP contribution is 2.60. The van der Waals surface area contributed by atoms with E-state index in [-0.39, 0.29) is 5.56 Å². The second-order valence-corrected chi connectivity index (χ2v) is 9.36. The molecule has 204 valence electrons. The fourth-order valence-corrected chi connectivity index (χ4v) is 5.44. The molecular weight excluding hydrogens is 496 g/mol. The van der Waals surface area contributed by atoms with Crippen molar-refractivity contribution in [1.82, 2.24) is 0 Å². The van der Waals surface area contributed by atoms with E-state index in [9.17, 15) is 30.3 Å². The van der Waals surface area contributed by atoms with Crippen LogP contribution >= 0.6 is 0 Å². The molecule has 1 aromatic carbocycles. The minimum absolute atomic E-state index is 0.224. The molecule has 0 bridgehead atoms. The average molecular weight is 526 g/mol. The largest absolute Gasteiger partial charge is 0.493 e. The van der Waals surface area contributed by atoms with Crippen molar-refractivity contribution in [1.29, 1.82) is 0 Å². The molecule has 0 radical (unpaired) electrons. The number of rotatable bonds is 8. The van der Waals surface area contributed by atoms with E-state index in [2.05, 4.69) is 0 Å². The molecule has 5 rings (SSSR count). The predicted octanol–water partition coefficient (Wildman–Crippen LogP) is -1.71. The van der Waals surface area contributed by atoms with E-state index in [0.717, 1.165) is 0 Å². The van der Waals surface area contributed by atoms with Crippen LogP contribution in [-0.4, -0.2) is 114 Å². The third-order valence-corrected chi connectivity index (χ3v) is 7.46. The Hall–Kier alpha value is -2.49. The van der Waals surface area contributed by atoms with Gasteiger partial charge in [-0.15, -0.1) is 0 Å². The van der Waals surface area contributed by atoms with Crippen molar-refractivity contribution >= 4 is 5.97 Å². The highest BCUT2D eigenvalue weighted by molar-refractivity contribution is 5.90. The van der Waals surface area contributed by atoms with Crippen molar-refractivity contribution in [2.45, 2.75) is 54.8 Å². The molecule has 1 aromatic rings. The molecule has 0 spiro atoms. The van der Waals surface area contributed by atoms with Crippen LogP contribution in [0.5, 0.6) is 11.5 Å². The Morgan fingerprint density at radius 2 is 1.78 bits per heavy atom. The third-order valence-electron chi connectivity index (χ3n) is 7.46. The van der Waals surface area contributed by atoms with Crippen molar-refractivity contribution < 1.29 is 63.5 Å². The van der Waals surface area contributed by atoms with E-state index in [4.69, 9.17) is 33.2 Å². The van der Waals surface area contributed by atoms with Gasteiger partial charge in [0, 0.05) is 5.92 Å². The van der Waals surface area contributed by atoms with Crippen LogP contribution in [0.15, 0.2) is 30.5 Å². The van der Waals surface area contributed by atoms with Gasteiger partial charge in [-0.05, 0) is 24.3 Å². The minimum Gasteiger partial charge on any atom is -0.493 e. The zero-order valence-corrected chi connectivity index (χ0v) is 20.1. The number of aliphatic hydroxyl groups excluding tert-OH is 5. The van der Waals surface area contributed by atoms with Crippen LogP contribution in [0.1, 0.15) is 10.4 Å². The van der Waals surface area contributed by atoms with E-state index in [1.54, 1.807) is 12.1 Å². The van der Waals surface area contributed by atoms with Crippen molar-refractivity contribution in [3.05, 3.63) is 36.1 Å². The lowest BCUT2D eigenvalue weighted by molar-refractivity contribution is -0.344. The monoisotopic (exact) mass is 526 g/mol. The maximum absolute atomic E-state index is 13.0. The normalized spacial score (nSPS) is 41.8. The van der Waals surface area contributed by atoms with Gasteiger partial charge in [0.25, 0.3) is 0 Å². The summed E-state index contributed by atoms with van der Waals surface area (Å²) < 4.78 is 39.0. The maximum Gasteiger partial charge on any atom is 0.338 e. The van der Waals surface area contributed by atoms with Gasteiger partial charge in [0.05, 0.1) is 45.2 Å². The SMILES string of the molecule is COc1ccc(C(=O)O[C@H]2[C@@H]3C=CO[C@@H](O[C@H]4O[C@@H](CO)[C@H](O)[C@@H](O)[C@@H]4O)[C@@H]3[C@]3(CO)O[C@@H]23)cc1OC. The summed E-state index contributed by atoms with van der Waals surface area (Å²) in [5, 5.41) is 50.2. The molecule has 1 aliphatic carbocycles. The first kappa shape index (κ1) is 26.1. The maximum atomic E-state index is 13.0. The van der Waals surface area contributed by atoms with Crippen LogP contribution in [0.3, 0.4) is 0 Å². The summed E-state index contributed by atoms with van der Waals surface area (Å²) in [5.74, 6) is -1.00. The standard InChI is InChI=1S/C24H30O13/c1-31-12-4-3-10(7-13(12)32-2)21(30)35-19-11-5-6-33-22(15(11)24(9-26)20(19)37-24)36-23-18(29)17(28)16(27)14(8-25)34-23/h3-7,11,14-20,22-23,25-29H,8-9H2,1-2H3/t11-,14+,15-,16+,17-,18+,19+,20+,22+,23-,24+/m1/s1. The fraction of sp³-hybridized carbons (Fsp3) is 0.625. The van der Waals surface area contributed by atoms with Gasteiger partial charge >= 0.3 is 5.97 Å². The summed E-state index contributed by atoms with van der Waals surface area (Å²) in [7, 11) is 2.93. The number of hydrogen-bond acceptors (Lipinski definition) is 13. The van der Waals surface area contributed by atoms with Gasteiger partial charge in [-0.2, -0.15) is 0 Å². The number of ether oxygens (including phenoxy) is 7. The predicted molar refractivity (Wildman–Crippen MR) is 119 cm³/mol. The van der Waals surface area contributed by atoms with Gasteiger partial charge in [0.15, 0.2) is 17.8 Å². The number of carbonyl (C=O) groups excluding carboxylic acids is 1. The lowest BCUT2D eigenvalue weighted by Crippen LogP contribution is -2.60. The highest BCUT2D eigenvalue weighted by Gasteiger charge is 2.77. The van der Waals surface area contributed by atoms with Crippen molar-refractivity contribution in [2.24, 2.45) is 11.8 Å². The second-order valence-electron chi connectivity index (χ2n) is 9.36.